The van der Waals surface area contributed by atoms with Crippen LogP contribution in [-0.2, 0) is 32.2 Å². The van der Waals surface area contributed by atoms with Crippen LogP contribution in [0, 0.1) is 5.92 Å². The number of hydrogen-bond donors (Lipinski definition) is 1. The third-order valence-corrected chi connectivity index (χ3v) is 7.44. The van der Waals surface area contributed by atoms with E-state index < -0.39 is 18.1 Å². The van der Waals surface area contributed by atoms with Crippen molar-refractivity contribution in [1.29, 1.82) is 0 Å². The molecule has 2 aliphatic rings. The average Bonchev–Trinajstić information content (AvgIpc) is 3.55. The number of rotatable bonds is 8. The minimum Gasteiger partial charge on any atom is -0.355 e. The van der Waals surface area contributed by atoms with E-state index in [9.17, 15) is 14.4 Å². The highest BCUT2D eigenvalue weighted by atomic mass is 35.5. The summed E-state index contributed by atoms with van der Waals surface area (Å²) in [4.78, 5) is 47.8. The molecule has 2 fully saturated rings. The number of amides is 3. The van der Waals surface area contributed by atoms with Crippen molar-refractivity contribution in [2.24, 2.45) is 5.92 Å². The molecule has 2 saturated heterocycles. The first-order chi connectivity index (χ1) is 17.0. The van der Waals surface area contributed by atoms with E-state index in [1.165, 1.54) is 14.8 Å². The van der Waals surface area contributed by atoms with Gasteiger partial charge in [0.25, 0.3) is 5.91 Å². The minimum absolute atomic E-state index is 0.0933. The van der Waals surface area contributed by atoms with Crippen LogP contribution in [0.5, 0.6) is 0 Å². The van der Waals surface area contributed by atoms with Gasteiger partial charge < -0.3 is 5.32 Å². The van der Waals surface area contributed by atoms with E-state index >= 15 is 0 Å². The Labute approximate surface area is 212 Å². The van der Waals surface area contributed by atoms with Crippen LogP contribution < -0.4 is 5.32 Å². The van der Waals surface area contributed by atoms with Crippen LogP contribution in [0.4, 0.5) is 0 Å². The smallest absolute Gasteiger partial charge is 0.261 e. The topological polar surface area (TPSA) is 79.0 Å². The number of nitrogens with one attached hydrogen (secondary N) is 1. The first-order valence-corrected chi connectivity index (χ1v) is 12.6. The summed E-state index contributed by atoms with van der Waals surface area (Å²) in [5.74, 6) is -1.67. The van der Waals surface area contributed by atoms with Crippen molar-refractivity contribution in [2.45, 2.75) is 25.1 Å². The normalized spacial score (nSPS) is 22.0. The molecule has 3 amide bonds. The Balaban J connectivity index is 1.33. The highest BCUT2D eigenvalue weighted by Crippen LogP contribution is 2.44. The zero-order valence-electron chi connectivity index (χ0n) is 18.8. The fraction of sp³-hybridized carbons (Fsp3) is 0.269. The molecule has 3 heterocycles. The summed E-state index contributed by atoms with van der Waals surface area (Å²) in [6.07, 6.45) is -0.229. The van der Waals surface area contributed by atoms with Gasteiger partial charge in [0.05, 0.1) is 18.5 Å². The second-order valence-electron chi connectivity index (χ2n) is 8.55. The second kappa shape index (κ2) is 10.3. The van der Waals surface area contributed by atoms with Gasteiger partial charge in [0, 0.05) is 16.4 Å². The van der Waals surface area contributed by atoms with Crippen LogP contribution in [0.25, 0.3) is 0 Å². The fourth-order valence-corrected chi connectivity index (χ4v) is 5.43. The molecule has 3 atom stereocenters. The summed E-state index contributed by atoms with van der Waals surface area (Å²) in [6.45, 7) is 0.587. The number of halogens is 1. The zero-order valence-corrected chi connectivity index (χ0v) is 20.4. The molecular formula is C26H24ClN3O4S. The van der Waals surface area contributed by atoms with Crippen LogP contribution in [0.15, 0.2) is 72.1 Å². The van der Waals surface area contributed by atoms with Gasteiger partial charge >= 0.3 is 0 Å². The molecule has 5 rings (SSSR count). The van der Waals surface area contributed by atoms with Gasteiger partial charge in [0.15, 0.2) is 6.10 Å². The van der Waals surface area contributed by atoms with E-state index in [4.69, 9.17) is 16.4 Å². The van der Waals surface area contributed by atoms with Crippen molar-refractivity contribution < 1.29 is 19.2 Å². The van der Waals surface area contributed by atoms with E-state index in [0.29, 0.717) is 11.6 Å². The standard InChI is InChI=1S/C26H24ClN3O4S/c27-19-10-8-18(9-11-19)23-22-24(26(33)29(25(22)32)15-17-5-2-1-3-6-17)34-30(23)16-21(31)28-13-12-20-7-4-14-35-20/h1-11,14,22-24H,12-13,15-16H2,(H,28,31). The summed E-state index contributed by atoms with van der Waals surface area (Å²) in [5, 5.41) is 6.93. The lowest BCUT2D eigenvalue weighted by atomic mass is 9.91. The lowest BCUT2D eigenvalue weighted by molar-refractivity contribution is -0.182. The Morgan fingerprint density at radius 3 is 2.49 bits per heavy atom. The van der Waals surface area contributed by atoms with Crippen molar-refractivity contribution >= 4 is 40.7 Å². The first-order valence-electron chi connectivity index (χ1n) is 11.4. The maximum absolute atomic E-state index is 13.5. The molecule has 1 N–H and O–H groups in total. The SMILES string of the molecule is O=C(CN1OC2C(=O)N(Cc3ccccc3)C(=O)C2C1c1ccc(Cl)cc1)NCCc1cccs1. The monoisotopic (exact) mass is 509 g/mol. The summed E-state index contributed by atoms with van der Waals surface area (Å²) in [5.41, 5.74) is 1.62. The molecule has 0 spiro atoms. The number of hydrogen-bond acceptors (Lipinski definition) is 6. The summed E-state index contributed by atoms with van der Waals surface area (Å²) in [7, 11) is 0. The van der Waals surface area contributed by atoms with Crippen LogP contribution in [0.3, 0.4) is 0 Å². The number of carbonyl (C=O) groups excluding carboxylic acids is 3. The van der Waals surface area contributed by atoms with Gasteiger partial charge in [-0.25, -0.2) is 0 Å². The zero-order chi connectivity index (χ0) is 24.4. The predicted molar refractivity (Wildman–Crippen MR) is 132 cm³/mol. The van der Waals surface area contributed by atoms with Gasteiger partial charge in [-0.15, -0.1) is 11.3 Å². The van der Waals surface area contributed by atoms with Gasteiger partial charge in [-0.3, -0.25) is 24.1 Å². The third-order valence-electron chi connectivity index (χ3n) is 6.25. The number of likely N-dealkylation sites (tertiary alicyclic amines) is 1. The van der Waals surface area contributed by atoms with Crippen molar-refractivity contribution in [1.82, 2.24) is 15.3 Å². The average molecular weight is 510 g/mol. The molecule has 3 aromatic rings. The van der Waals surface area contributed by atoms with E-state index in [1.54, 1.807) is 35.6 Å². The van der Waals surface area contributed by atoms with Gasteiger partial charge in [-0.2, -0.15) is 5.06 Å². The lowest BCUT2D eigenvalue weighted by Gasteiger charge is -2.27. The molecule has 0 radical (unpaired) electrons. The third kappa shape index (κ3) is 5.01. The minimum atomic E-state index is -0.967. The van der Waals surface area contributed by atoms with Crippen LogP contribution in [-0.4, -0.2) is 46.9 Å². The van der Waals surface area contributed by atoms with Crippen LogP contribution in [0.1, 0.15) is 22.0 Å². The quantitative estimate of drug-likeness (QED) is 0.469. The van der Waals surface area contributed by atoms with Gasteiger partial charge in [0.2, 0.25) is 11.8 Å². The molecule has 0 bridgehead atoms. The van der Waals surface area contributed by atoms with Gasteiger partial charge in [0.1, 0.15) is 6.54 Å². The second-order valence-corrected chi connectivity index (χ2v) is 10.0. The van der Waals surface area contributed by atoms with E-state index in [-0.39, 0.29) is 30.8 Å². The highest BCUT2D eigenvalue weighted by molar-refractivity contribution is 7.09. The number of carbonyl (C=O) groups is 3. The number of benzene rings is 2. The maximum Gasteiger partial charge on any atom is 0.261 e. The molecule has 0 aliphatic carbocycles. The van der Waals surface area contributed by atoms with Crippen LogP contribution >= 0.6 is 22.9 Å². The Morgan fingerprint density at radius 1 is 1.00 bits per heavy atom. The first kappa shape index (κ1) is 23.7. The summed E-state index contributed by atoms with van der Waals surface area (Å²) in [6, 6.07) is 19.8. The lowest BCUT2D eigenvalue weighted by Crippen LogP contribution is -2.41. The molecule has 1 aromatic heterocycles. The number of hydroxylamine groups is 2. The molecule has 7 nitrogen and oxygen atoms in total. The number of imide groups is 1. The van der Waals surface area contributed by atoms with Crippen molar-refractivity contribution in [3.05, 3.63) is 93.1 Å². The van der Waals surface area contributed by atoms with Crippen LogP contribution in [0.2, 0.25) is 5.02 Å². The number of nitrogens with zero attached hydrogens (tertiary/aromatic N) is 2. The molecule has 0 saturated carbocycles. The molecular weight excluding hydrogens is 486 g/mol. The largest absolute Gasteiger partial charge is 0.355 e. The van der Waals surface area contributed by atoms with Crippen molar-refractivity contribution in [3.8, 4) is 0 Å². The number of fused-ring (bicyclic) bond motifs is 1. The summed E-state index contributed by atoms with van der Waals surface area (Å²) >= 11 is 7.72. The Hall–Kier alpha value is -3.04. The van der Waals surface area contributed by atoms with E-state index in [1.807, 2.05) is 47.8 Å². The van der Waals surface area contributed by atoms with E-state index in [2.05, 4.69) is 5.32 Å². The Morgan fingerprint density at radius 2 is 1.77 bits per heavy atom. The molecule has 180 valence electrons. The van der Waals surface area contributed by atoms with Crippen molar-refractivity contribution in [2.75, 3.05) is 13.1 Å². The molecule has 2 aromatic carbocycles. The summed E-state index contributed by atoms with van der Waals surface area (Å²) < 4.78 is 0. The van der Waals surface area contributed by atoms with Gasteiger partial charge in [-0.1, -0.05) is 60.1 Å². The van der Waals surface area contributed by atoms with E-state index in [0.717, 1.165) is 17.5 Å². The molecule has 9 heteroatoms. The van der Waals surface area contributed by atoms with Crippen molar-refractivity contribution in [3.63, 3.8) is 0 Å². The molecule has 3 unspecified atom stereocenters. The highest BCUT2D eigenvalue weighted by Gasteiger charge is 2.59. The maximum atomic E-state index is 13.5. The fourth-order valence-electron chi connectivity index (χ4n) is 4.60. The predicted octanol–water partition coefficient (Wildman–Crippen LogP) is 3.60. The Kier molecular flexibility index (Phi) is 6.97. The number of thiophene rings is 1. The molecule has 2 aliphatic heterocycles. The molecule has 35 heavy (non-hydrogen) atoms. The van der Waals surface area contributed by atoms with Gasteiger partial charge in [-0.05, 0) is 41.1 Å². The Bertz CT molecular complexity index is 1200.